The van der Waals surface area contributed by atoms with Gasteiger partial charge in [-0.3, -0.25) is 9.59 Å². The van der Waals surface area contributed by atoms with Crippen LogP contribution in [0.5, 0.6) is 0 Å². The molecule has 0 rings (SSSR count). The van der Waals surface area contributed by atoms with Crippen LogP contribution in [0.1, 0.15) is 245 Å². The molecule has 0 aliphatic heterocycles. The molecule has 0 aliphatic rings. The maximum atomic E-state index is 12.4. The highest BCUT2D eigenvalue weighted by molar-refractivity contribution is 5.76. The van der Waals surface area contributed by atoms with Gasteiger partial charge in [-0.2, -0.15) is 0 Å². The SMILES string of the molecule is CCCCCC/C=C\C/C=C\CCCCCCCC(=O)OCCCCCCCC/C=C\CCCCCC(=O)NC(CO)C(O)CCCCCCCCCCCC. The number of amides is 1. The molecule has 6 nitrogen and oxygen atoms in total. The van der Waals surface area contributed by atoms with E-state index in [-0.39, 0.29) is 18.5 Å². The van der Waals surface area contributed by atoms with E-state index in [4.69, 9.17) is 4.74 Å². The quantitative estimate of drug-likeness (QED) is 0.0325. The first kappa shape index (κ1) is 54.1. The third-order valence-electron chi connectivity index (χ3n) is 10.9. The number of carbonyl (C=O) groups excluding carboxylic acids is 2. The minimum absolute atomic E-state index is 0.0271. The fourth-order valence-corrected chi connectivity index (χ4v) is 7.13. The molecule has 1 amide bonds. The Kier molecular flexibility index (Phi) is 44.2. The summed E-state index contributed by atoms with van der Waals surface area (Å²) in [6, 6.07) is -0.561. The van der Waals surface area contributed by atoms with Gasteiger partial charge >= 0.3 is 5.97 Å². The molecule has 0 saturated carbocycles. The van der Waals surface area contributed by atoms with E-state index < -0.39 is 12.1 Å². The summed E-state index contributed by atoms with van der Waals surface area (Å²) >= 11 is 0. The smallest absolute Gasteiger partial charge is 0.305 e. The van der Waals surface area contributed by atoms with Crippen molar-refractivity contribution in [3.63, 3.8) is 0 Å². The van der Waals surface area contributed by atoms with E-state index in [0.717, 1.165) is 83.5 Å². The monoisotopic (exact) mass is 788 g/mol. The first-order valence-corrected chi connectivity index (χ1v) is 24.2. The molecular weight excluding hydrogens is 695 g/mol. The second-order valence-electron chi connectivity index (χ2n) is 16.4. The van der Waals surface area contributed by atoms with Crippen LogP contribution in [0.2, 0.25) is 0 Å². The average Bonchev–Trinajstić information content (AvgIpc) is 3.20. The summed E-state index contributed by atoms with van der Waals surface area (Å²) in [6.07, 6.45) is 53.9. The Morgan fingerprint density at radius 1 is 0.500 bits per heavy atom. The summed E-state index contributed by atoms with van der Waals surface area (Å²) in [5.74, 6) is -0.0959. The highest BCUT2D eigenvalue weighted by atomic mass is 16.5. The van der Waals surface area contributed by atoms with Gasteiger partial charge in [-0.05, 0) is 83.5 Å². The average molecular weight is 788 g/mol. The number of nitrogens with one attached hydrogen (secondary N) is 1. The summed E-state index contributed by atoms with van der Waals surface area (Å²) in [5, 5.41) is 23.0. The summed E-state index contributed by atoms with van der Waals surface area (Å²) in [7, 11) is 0. The first-order valence-electron chi connectivity index (χ1n) is 24.2. The summed E-state index contributed by atoms with van der Waals surface area (Å²) in [4.78, 5) is 24.4. The van der Waals surface area contributed by atoms with Crippen molar-refractivity contribution < 1.29 is 24.5 Å². The van der Waals surface area contributed by atoms with Gasteiger partial charge in [0.2, 0.25) is 5.91 Å². The largest absolute Gasteiger partial charge is 0.466 e. The van der Waals surface area contributed by atoms with Crippen LogP contribution in [0.3, 0.4) is 0 Å². The zero-order chi connectivity index (χ0) is 40.8. The van der Waals surface area contributed by atoms with Crippen molar-refractivity contribution in [2.24, 2.45) is 0 Å². The molecule has 0 saturated heterocycles. The Morgan fingerprint density at radius 2 is 0.893 bits per heavy atom. The van der Waals surface area contributed by atoms with Gasteiger partial charge in [-0.1, -0.05) is 185 Å². The Hall–Kier alpha value is -1.92. The fourth-order valence-electron chi connectivity index (χ4n) is 7.13. The second kappa shape index (κ2) is 45.8. The van der Waals surface area contributed by atoms with Crippen LogP contribution in [0, 0.1) is 0 Å². The van der Waals surface area contributed by atoms with Crippen LogP contribution < -0.4 is 5.32 Å². The Labute approximate surface area is 347 Å². The van der Waals surface area contributed by atoms with E-state index in [2.05, 4.69) is 55.6 Å². The van der Waals surface area contributed by atoms with Gasteiger partial charge < -0.3 is 20.3 Å². The molecule has 0 bridgehead atoms. The predicted octanol–water partition coefficient (Wildman–Crippen LogP) is 14.1. The maximum absolute atomic E-state index is 12.4. The molecule has 0 fully saturated rings. The van der Waals surface area contributed by atoms with Crippen molar-refractivity contribution in [2.45, 2.75) is 257 Å². The standard InChI is InChI=1S/C50H93NO5/c1-3-5-7-9-11-13-15-16-17-18-21-24-28-32-36-40-44-50(55)56-45-41-37-33-29-25-22-19-20-23-27-31-35-39-43-49(54)51-47(46-52)48(53)42-38-34-30-26-14-12-10-8-6-4-2/h13,15,17-18,20,23,47-48,52-53H,3-12,14,16,19,21-22,24-46H2,1-2H3,(H,51,54)/b15-13-,18-17-,23-20-. The van der Waals surface area contributed by atoms with Gasteiger partial charge in [-0.15, -0.1) is 0 Å². The van der Waals surface area contributed by atoms with Crippen LogP contribution in [0.25, 0.3) is 0 Å². The molecule has 0 aromatic carbocycles. The first-order chi connectivity index (χ1) is 27.5. The number of esters is 1. The molecule has 3 N–H and O–H groups in total. The van der Waals surface area contributed by atoms with Gasteiger partial charge in [0.15, 0.2) is 0 Å². The number of hydrogen-bond donors (Lipinski definition) is 3. The minimum atomic E-state index is -0.680. The summed E-state index contributed by atoms with van der Waals surface area (Å²) in [5.41, 5.74) is 0. The molecule has 0 spiro atoms. The van der Waals surface area contributed by atoms with Crippen molar-refractivity contribution >= 4 is 11.9 Å². The third kappa shape index (κ3) is 41.7. The minimum Gasteiger partial charge on any atom is -0.466 e. The number of carbonyl (C=O) groups is 2. The molecule has 0 aliphatic carbocycles. The lowest BCUT2D eigenvalue weighted by Gasteiger charge is -2.22. The highest BCUT2D eigenvalue weighted by Gasteiger charge is 2.20. The Bertz CT molecular complexity index is 915. The Balaban J connectivity index is 3.50. The van der Waals surface area contributed by atoms with Crippen molar-refractivity contribution in [1.29, 1.82) is 0 Å². The number of ether oxygens (including phenoxy) is 1. The van der Waals surface area contributed by atoms with Crippen molar-refractivity contribution in [2.75, 3.05) is 13.2 Å². The van der Waals surface area contributed by atoms with E-state index in [1.54, 1.807) is 0 Å². The van der Waals surface area contributed by atoms with Crippen molar-refractivity contribution in [1.82, 2.24) is 5.32 Å². The van der Waals surface area contributed by atoms with E-state index in [1.165, 1.54) is 128 Å². The van der Waals surface area contributed by atoms with Crippen LogP contribution in [-0.4, -0.2) is 47.4 Å². The Morgan fingerprint density at radius 3 is 1.41 bits per heavy atom. The van der Waals surface area contributed by atoms with Gasteiger partial charge in [-0.25, -0.2) is 0 Å². The molecule has 56 heavy (non-hydrogen) atoms. The number of aliphatic hydroxyl groups is 2. The van der Waals surface area contributed by atoms with E-state index in [0.29, 0.717) is 25.9 Å². The highest BCUT2D eigenvalue weighted by Crippen LogP contribution is 2.14. The lowest BCUT2D eigenvalue weighted by molar-refractivity contribution is -0.143. The zero-order valence-corrected chi connectivity index (χ0v) is 37.1. The fraction of sp³-hybridized carbons (Fsp3) is 0.840. The van der Waals surface area contributed by atoms with Crippen LogP contribution in [0.15, 0.2) is 36.5 Å². The lowest BCUT2D eigenvalue weighted by atomic mass is 10.0. The number of allylic oxidation sites excluding steroid dienone is 6. The third-order valence-corrected chi connectivity index (χ3v) is 10.9. The van der Waals surface area contributed by atoms with Crippen LogP contribution in [-0.2, 0) is 14.3 Å². The predicted molar refractivity (Wildman–Crippen MR) is 241 cm³/mol. The zero-order valence-electron chi connectivity index (χ0n) is 37.1. The second-order valence-corrected chi connectivity index (χ2v) is 16.4. The molecule has 6 heteroatoms. The molecule has 0 aromatic heterocycles. The van der Waals surface area contributed by atoms with Gasteiger partial charge in [0.1, 0.15) is 0 Å². The number of unbranched alkanes of at least 4 members (excludes halogenated alkanes) is 27. The molecular formula is C50H93NO5. The summed E-state index contributed by atoms with van der Waals surface area (Å²) in [6.45, 7) is 4.86. The molecule has 0 radical (unpaired) electrons. The molecule has 328 valence electrons. The van der Waals surface area contributed by atoms with Crippen LogP contribution >= 0.6 is 0 Å². The van der Waals surface area contributed by atoms with Crippen LogP contribution in [0.4, 0.5) is 0 Å². The molecule has 2 unspecified atom stereocenters. The molecule has 0 aromatic rings. The number of rotatable bonds is 44. The van der Waals surface area contributed by atoms with Gasteiger partial charge in [0, 0.05) is 12.8 Å². The maximum Gasteiger partial charge on any atom is 0.305 e. The van der Waals surface area contributed by atoms with E-state index in [1.807, 2.05) is 0 Å². The van der Waals surface area contributed by atoms with Crippen molar-refractivity contribution in [3.8, 4) is 0 Å². The van der Waals surface area contributed by atoms with E-state index >= 15 is 0 Å². The van der Waals surface area contributed by atoms with Gasteiger partial charge in [0.05, 0.1) is 25.4 Å². The lowest BCUT2D eigenvalue weighted by Crippen LogP contribution is -2.45. The topological polar surface area (TPSA) is 95.9 Å². The van der Waals surface area contributed by atoms with Gasteiger partial charge in [0.25, 0.3) is 0 Å². The normalized spacial score (nSPS) is 13.0. The number of hydrogen-bond acceptors (Lipinski definition) is 5. The van der Waals surface area contributed by atoms with E-state index in [9.17, 15) is 19.8 Å². The summed E-state index contributed by atoms with van der Waals surface area (Å²) < 4.78 is 5.44. The molecule has 0 heterocycles. The van der Waals surface area contributed by atoms with Crippen molar-refractivity contribution in [3.05, 3.63) is 36.5 Å². The number of aliphatic hydroxyl groups excluding tert-OH is 2. The molecule has 2 atom stereocenters.